The summed E-state index contributed by atoms with van der Waals surface area (Å²) in [6.45, 7) is 0. The lowest BCUT2D eigenvalue weighted by Gasteiger charge is -2.01. The van der Waals surface area contributed by atoms with Gasteiger partial charge in [-0.1, -0.05) is 22.0 Å². The van der Waals surface area contributed by atoms with E-state index in [9.17, 15) is 0 Å². The van der Waals surface area contributed by atoms with E-state index in [0.717, 1.165) is 26.1 Å². The van der Waals surface area contributed by atoms with E-state index in [4.69, 9.17) is 0 Å². The number of benzene rings is 1. The lowest BCUT2D eigenvalue weighted by molar-refractivity contribution is 0.935. The third kappa shape index (κ3) is 2.18. The molecule has 2 atom stereocenters. The van der Waals surface area contributed by atoms with Gasteiger partial charge in [0.2, 0.25) is 0 Å². The molecule has 0 bridgehead atoms. The minimum absolute atomic E-state index is 0.781. The SMILES string of the molecule is BrCC1CC1c1ccc(Br)c(Br)c1. The third-order valence-electron chi connectivity index (χ3n) is 2.49. The maximum absolute atomic E-state index is 3.53. The predicted molar refractivity (Wildman–Crippen MR) is 66.5 cm³/mol. The van der Waals surface area contributed by atoms with E-state index < -0.39 is 0 Å². The van der Waals surface area contributed by atoms with Gasteiger partial charge in [0.05, 0.1) is 0 Å². The molecule has 0 saturated heterocycles. The van der Waals surface area contributed by atoms with E-state index in [1.54, 1.807) is 0 Å². The first-order valence-corrected chi connectivity index (χ1v) is 6.94. The first-order chi connectivity index (χ1) is 6.22. The Kier molecular flexibility index (Phi) is 3.16. The molecule has 0 nitrogen and oxygen atoms in total. The zero-order chi connectivity index (χ0) is 9.42. The van der Waals surface area contributed by atoms with Crippen LogP contribution in [0.25, 0.3) is 0 Å². The fourth-order valence-corrected chi connectivity index (χ4v) is 2.93. The zero-order valence-corrected chi connectivity index (χ0v) is 11.7. The van der Waals surface area contributed by atoms with E-state index >= 15 is 0 Å². The molecule has 0 spiro atoms. The van der Waals surface area contributed by atoms with Crippen molar-refractivity contribution >= 4 is 47.8 Å². The summed E-state index contributed by atoms with van der Waals surface area (Å²) in [7, 11) is 0. The summed E-state index contributed by atoms with van der Waals surface area (Å²) in [5.74, 6) is 1.64. The molecule has 1 fully saturated rings. The quantitative estimate of drug-likeness (QED) is 0.663. The summed E-state index contributed by atoms with van der Waals surface area (Å²) in [5, 5.41) is 1.13. The summed E-state index contributed by atoms with van der Waals surface area (Å²) in [6, 6.07) is 6.54. The van der Waals surface area contributed by atoms with Gasteiger partial charge in [0, 0.05) is 14.3 Å². The molecule has 3 heteroatoms. The Morgan fingerprint density at radius 3 is 2.54 bits per heavy atom. The molecule has 1 aromatic rings. The van der Waals surface area contributed by atoms with Crippen molar-refractivity contribution in [3.05, 3.63) is 32.7 Å². The van der Waals surface area contributed by atoms with Crippen molar-refractivity contribution in [3.63, 3.8) is 0 Å². The Morgan fingerprint density at radius 1 is 1.23 bits per heavy atom. The number of halogens is 3. The Hall–Kier alpha value is 0.660. The highest BCUT2D eigenvalue weighted by atomic mass is 79.9. The maximum Gasteiger partial charge on any atom is 0.0320 e. The first kappa shape index (κ1) is 10.2. The van der Waals surface area contributed by atoms with Crippen LogP contribution in [0.5, 0.6) is 0 Å². The van der Waals surface area contributed by atoms with Gasteiger partial charge >= 0.3 is 0 Å². The minimum Gasteiger partial charge on any atom is -0.0925 e. The Balaban J connectivity index is 2.19. The average Bonchev–Trinajstić information content (AvgIpc) is 2.88. The molecule has 70 valence electrons. The predicted octanol–water partition coefficient (Wildman–Crippen LogP) is 4.71. The monoisotopic (exact) mass is 366 g/mol. The van der Waals surface area contributed by atoms with Crippen LogP contribution in [0.15, 0.2) is 27.1 Å². The van der Waals surface area contributed by atoms with Gasteiger partial charge in [0.1, 0.15) is 0 Å². The smallest absolute Gasteiger partial charge is 0.0320 e. The average molecular weight is 369 g/mol. The molecule has 1 saturated carbocycles. The highest BCUT2D eigenvalue weighted by molar-refractivity contribution is 9.13. The van der Waals surface area contributed by atoms with Crippen LogP contribution >= 0.6 is 47.8 Å². The van der Waals surface area contributed by atoms with Gasteiger partial charge in [0.25, 0.3) is 0 Å². The summed E-state index contributed by atoms with van der Waals surface area (Å²) in [5.41, 5.74) is 1.46. The van der Waals surface area contributed by atoms with Crippen molar-refractivity contribution in [1.82, 2.24) is 0 Å². The fraction of sp³-hybridized carbons (Fsp3) is 0.400. The zero-order valence-electron chi connectivity index (χ0n) is 6.93. The van der Waals surface area contributed by atoms with Crippen LogP contribution in [0.4, 0.5) is 0 Å². The molecule has 2 rings (SSSR count). The lowest BCUT2D eigenvalue weighted by atomic mass is 10.1. The Bertz CT molecular complexity index is 322. The normalized spacial score (nSPS) is 26.1. The maximum atomic E-state index is 3.53. The van der Waals surface area contributed by atoms with Crippen LogP contribution in [0.2, 0.25) is 0 Å². The topological polar surface area (TPSA) is 0 Å². The number of rotatable bonds is 2. The Labute approximate surface area is 103 Å². The third-order valence-corrected chi connectivity index (χ3v) is 5.20. The van der Waals surface area contributed by atoms with Gasteiger partial charge in [-0.05, 0) is 67.8 Å². The van der Waals surface area contributed by atoms with Crippen molar-refractivity contribution in [1.29, 1.82) is 0 Å². The van der Waals surface area contributed by atoms with Gasteiger partial charge < -0.3 is 0 Å². The molecular weight excluding hydrogens is 360 g/mol. The highest BCUT2D eigenvalue weighted by Crippen LogP contribution is 2.49. The lowest BCUT2D eigenvalue weighted by Crippen LogP contribution is -1.84. The van der Waals surface area contributed by atoms with Crippen LogP contribution in [0, 0.1) is 5.92 Å². The molecule has 0 radical (unpaired) electrons. The highest BCUT2D eigenvalue weighted by Gasteiger charge is 2.37. The molecule has 1 aliphatic rings. The largest absolute Gasteiger partial charge is 0.0925 e. The molecule has 0 aromatic heterocycles. The molecule has 13 heavy (non-hydrogen) atoms. The van der Waals surface area contributed by atoms with Crippen molar-refractivity contribution in [3.8, 4) is 0 Å². The van der Waals surface area contributed by atoms with Crippen LogP contribution in [-0.4, -0.2) is 5.33 Å². The van der Waals surface area contributed by atoms with E-state index in [-0.39, 0.29) is 0 Å². The second kappa shape index (κ2) is 4.03. The molecule has 1 aromatic carbocycles. The molecular formula is C10H9Br3. The number of hydrogen-bond acceptors (Lipinski definition) is 0. The molecule has 0 N–H and O–H groups in total. The summed E-state index contributed by atoms with van der Waals surface area (Å²) in [6.07, 6.45) is 1.33. The van der Waals surface area contributed by atoms with Crippen LogP contribution in [-0.2, 0) is 0 Å². The van der Waals surface area contributed by atoms with E-state index in [1.165, 1.54) is 12.0 Å². The summed E-state index contributed by atoms with van der Waals surface area (Å²) in [4.78, 5) is 0. The van der Waals surface area contributed by atoms with Gasteiger partial charge in [-0.25, -0.2) is 0 Å². The molecule has 0 amide bonds. The molecule has 0 aliphatic heterocycles. The fourth-order valence-electron chi connectivity index (χ4n) is 1.57. The number of hydrogen-bond donors (Lipinski definition) is 0. The van der Waals surface area contributed by atoms with Gasteiger partial charge in [0.15, 0.2) is 0 Å². The van der Waals surface area contributed by atoms with Crippen molar-refractivity contribution < 1.29 is 0 Å². The minimum atomic E-state index is 0.781. The van der Waals surface area contributed by atoms with E-state index in [1.807, 2.05) is 0 Å². The molecule has 2 unspecified atom stereocenters. The van der Waals surface area contributed by atoms with Crippen molar-refractivity contribution in [2.75, 3.05) is 5.33 Å². The van der Waals surface area contributed by atoms with Crippen molar-refractivity contribution in [2.45, 2.75) is 12.3 Å². The number of alkyl halides is 1. The standard InChI is InChI=1S/C10H9Br3/c11-5-7-3-8(7)6-1-2-9(12)10(13)4-6/h1-2,4,7-8H,3,5H2. The first-order valence-electron chi connectivity index (χ1n) is 4.23. The van der Waals surface area contributed by atoms with Crippen LogP contribution < -0.4 is 0 Å². The van der Waals surface area contributed by atoms with Gasteiger partial charge in [-0.15, -0.1) is 0 Å². The second-order valence-corrected chi connectivity index (χ2v) is 5.79. The van der Waals surface area contributed by atoms with E-state index in [2.05, 4.69) is 66.0 Å². The Morgan fingerprint density at radius 2 is 2.00 bits per heavy atom. The van der Waals surface area contributed by atoms with Crippen LogP contribution in [0.3, 0.4) is 0 Å². The molecule has 1 aliphatic carbocycles. The summed E-state index contributed by atoms with van der Waals surface area (Å²) < 4.78 is 2.29. The summed E-state index contributed by atoms with van der Waals surface area (Å²) >= 11 is 10.5. The second-order valence-electron chi connectivity index (χ2n) is 3.43. The van der Waals surface area contributed by atoms with Gasteiger partial charge in [-0.2, -0.15) is 0 Å². The van der Waals surface area contributed by atoms with Gasteiger partial charge in [-0.3, -0.25) is 0 Å². The molecule has 0 heterocycles. The van der Waals surface area contributed by atoms with Crippen molar-refractivity contribution in [2.24, 2.45) is 5.92 Å². The van der Waals surface area contributed by atoms with Crippen LogP contribution in [0.1, 0.15) is 17.9 Å². The van der Waals surface area contributed by atoms with E-state index in [0.29, 0.717) is 0 Å².